The molecule has 0 aliphatic heterocycles. The molecule has 0 spiro atoms. The Bertz CT molecular complexity index is 86.7. The molecule has 0 rings (SSSR count). The fourth-order valence-electron chi connectivity index (χ4n) is 0.923. The number of terminal acetylenes is 1. The minimum absolute atomic E-state index is 0.667. The highest BCUT2D eigenvalue weighted by Gasteiger charge is 2.00. The van der Waals surface area contributed by atoms with Crippen LogP contribution < -0.4 is 0 Å². The van der Waals surface area contributed by atoms with Crippen molar-refractivity contribution in [3.8, 4) is 12.3 Å². The van der Waals surface area contributed by atoms with Crippen LogP contribution in [0, 0.1) is 25.2 Å². The molecule has 0 fully saturated rings. The fraction of sp³-hybridized carbons (Fsp3) is 0.667. The second kappa shape index (κ2) is 5.69. The van der Waals surface area contributed by atoms with Gasteiger partial charge in [0.05, 0.1) is 0 Å². The van der Waals surface area contributed by atoms with Crippen LogP contribution in [-0.2, 0) is 0 Å². The lowest BCUT2D eigenvalue weighted by molar-refractivity contribution is 0.496. The van der Waals surface area contributed by atoms with Gasteiger partial charge in [0.1, 0.15) is 0 Å². The molecule has 9 heavy (non-hydrogen) atoms. The van der Waals surface area contributed by atoms with Gasteiger partial charge in [-0.05, 0) is 18.8 Å². The highest BCUT2D eigenvalue weighted by Crippen LogP contribution is 2.13. The lowest BCUT2D eigenvalue weighted by Crippen LogP contribution is -1.95. The summed E-state index contributed by atoms with van der Waals surface area (Å²) in [7, 11) is 0. The smallest absolute Gasteiger partial charge is 0.0114 e. The molecule has 0 heteroatoms. The van der Waals surface area contributed by atoms with Gasteiger partial charge in [0.25, 0.3) is 0 Å². The van der Waals surface area contributed by atoms with Crippen molar-refractivity contribution < 1.29 is 0 Å². The average Bonchev–Trinajstić information content (AvgIpc) is 1.88. The molecule has 1 atom stereocenters. The van der Waals surface area contributed by atoms with Crippen LogP contribution in [0.3, 0.4) is 0 Å². The zero-order valence-corrected chi connectivity index (χ0v) is 6.19. The third-order valence-corrected chi connectivity index (χ3v) is 1.51. The average molecular weight is 123 g/mol. The molecule has 0 saturated carbocycles. The van der Waals surface area contributed by atoms with E-state index in [2.05, 4.69) is 19.8 Å². The molecule has 0 nitrogen and oxygen atoms in total. The van der Waals surface area contributed by atoms with E-state index in [1.165, 1.54) is 12.8 Å². The first-order valence-corrected chi connectivity index (χ1v) is 3.57. The molecule has 0 N–H and O–H groups in total. The zero-order chi connectivity index (χ0) is 7.11. The Balaban J connectivity index is 3.32. The van der Waals surface area contributed by atoms with Gasteiger partial charge in [0.2, 0.25) is 0 Å². The van der Waals surface area contributed by atoms with Crippen LogP contribution in [0.25, 0.3) is 0 Å². The van der Waals surface area contributed by atoms with Crippen molar-refractivity contribution in [3.63, 3.8) is 0 Å². The molecule has 0 aromatic heterocycles. The highest BCUT2D eigenvalue weighted by atomic mass is 14.1. The molecule has 0 saturated heterocycles. The topological polar surface area (TPSA) is 0 Å². The normalized spacial score (nSPS) is 12.6. The van der Waals surface area contributed by atoms with Crippen LogP contribution in [0.5, 0.6) is 0 Å². The van der Waals surface area contributed by atoms with Gasteiger partial charge in [-0.1, -0.05) is 20.3 Å². The van der Waals surface area contributed by atoms with Crippen LogP contribution in [0.4, 0.5) is 0 Å². The summed E-state index contributed by atoms with van der Waals surface area (Å²) in [5.74, 6) is 3.33. The summed E-state index contributed by atoms with van der Waals surface area (Å²) < 4.78 is 0. The predicted octanol–water partition coefficient (Wildman–Crippen LogP) is 2.65. The summed E-state index contributed by atoms with van der Waals surface area (Å²) in [5, 5.41) is 0. The molecule has 1 unspecified atom stereocenters. The second-order valence-electron chi connectivity index (χ2n) is 2.35. The molecule has 0 aliphatic carbocycles. The fourth-order valence-corrected chi connectivity index (χ4v) is 0.923. The van der Waals surface area contributed by atoms with Crippen molar-refractivity contribution in [1.29, 1.82) is 0 Å². The van der Waals surface area contributed by atoms with E-state index >= 15 is 0 Å². The molecule has 0 aromatic carbocycles. The lowest BCUT2D eigenvalue weighted by atomic mass is 9.98. The van der Waals surface area contributed by atoms with Crippen molar-refractivity contribution >= 4 is 0 Å². The van der Waals surface area contributed by atoms with Gasteiger partial charge in [-0.25, -0.2) is 0 Å². The van der Waals surface area contributed by atoms with Gasteiger partial charge < -0.3 is 0 Å². The van der Waals surface area contributed by atoms with Crippen molar-refractivity contribution in [2.45, 2.75) is 32.6 Å². The monoisotopic (exact) mass is 123 g/mol. The van der Waals surface area contributed by atoms with Gasteiger partial charge in [-0.2, -0.15) is 0 Å². The number of hydrogen-bond donors (Lipinski definition) is 0. The van der Waals surface area contributed by atoms with E-state index in [1.807, 2.05) is 0 Å². The van der Waals surface area contributed by atoms with E-state index in [4.69, 9.17) is 6.42 Å². The summed E-state index contributed by atoms with van der Waals surface area (Å²) in [6.07, 6.45) is 9.50. The molecule has 0 aromatic rings. The standard InChI is InChI=1S/C9H15/c1-4-7-9(6-3)8-5-2/h1,9H,3,5-8H2,2H3. The predicted molar refractivity (Wildman–Crippen MR) is 41.8 cm³/mol. The van der Waals surface area contributed by atoms with Crippen molar-refractivity contribution in [1.82, 2.24) is 0 Å². The second-order valence-corrected chi connectivity index (χ2v) is 2.35. The van der Waals surface area contributed by atoms with Gasteiger partial charge in [-0.15, -0.1) is 12.3 Å². The Morgan fingerprint density at radius 3 is 2.67 bits per heavy atom. The Morgan fingerprint density at radius 2 is 2.33 bits per heavy atom. The van der Waals surface area contributed by atoms with Gasteiger partial charge in [0, 0.05) is 6.42 Å². The van der Waals surface area contributed by atoms with Crippen LogP contribution in [0.2, 0.25) is 0 Å². The van der Waals surface area contributed by atoms with Crippen molar-refractivity contribution in [2.75, 3.05) is 0 Å². The van der Waals surface area contributed by atoms with Gasteiger partial charge >= 0.3 is 0 Å². The van der Waals surface area contributed by atoms with Crippen LogP contribution in [0.15, 0.2) is 0 Å². The molecular weight excluding hydrogens is 108 g/mol. The maximum absolute atomic E-state index is 5.16. The summed E-state index contributed by atoms with van der Waals surface area (Å²) >= 11 is 0. The van der Waals surface area contributed by atoms with Gasteiger partial charge in [-0.3, -0.25) is 0 Å². The molecule has 0 bridgehead atoms. The molecule has 0 amide bonds. The zero-order valence-electron chi connectivity index (χ0n) is 6.19. The van der Waals surface area contributed by atoms with E-state index in [9.17, 15) is 0 Å². The first kappa shape index (κ1) is 8.56. The summed E-state index contributed by atoms with van der Waals surface area (Å²) in [6, 6.07) is 0. The Morgan fingerprint density at radius 1 is 1.67 bits per heavy atom. The first-order valence-electron chi connectivity index (χ1n) is 3.57. The summed E-state index contributed by atoms with van der Waals surface area (Å²) in [5.41, 5.74) is 0. The van der Waals surface area contributed by atoms with E-state index in [0.29, 0.717) is 5.92 Å². The van der Waals surface area contributed by atoms with Crippen molar-refractivity contribution in [2.24, 2.45) is 5.92 Å². The van der Waals surface area contributed by atoms with Crippen molar-refractivity contribution in [3.05, 3.63) is 6.92 Å². The summed E-state index contributed by atoms with van der Waals surface area (Å²) in [6.45, 7) is 6.01. The van der Waals surface area contributed by atoms with Gasteiger partial charge in [0.15, 0.2) is 0 Å². The quantitative estimate of drug-likeness (QED) is 0.504. The molecule has 1 radical (unpaired) electrons. The van der Waals surface area contributed by atoms with Crippen LogP contribution >= 0.6 is 0 Å². The highest BCUT2D eigenvalue weighted by molar-refractivity contribution is 4.86. The maximum atomic E-state index is 5.16. The maximum Gasteiger partial charge on any atom is 0.0114 e. The minimum Gasteiger partial charge on any atom is -0.120 e. The lowest BCUT2D eigenvalue weighted by Gasteiger charge is -2.07. The van der Waals surface area contributed by atoms with E-state index in [0.717, 1.165) is 12.8 Å². The largest absolute Gasteiger partial charge is 0.120 e. The SMILES string of the molecule is C#CCC(C[CH2])CCC. The Kier molecular flexibility index (Phi) is 5.41. The molecule has 0 aliphatic rings. The molecule has 0 heterocycles. The Labute approximate surface area is 58.7 Å². The third-order valence-electron chi connectivity index (χ3n) is 1.51. The molecular formula is C9H15. The third kappa shape index (κ3) is 4.09. The first-order chi connectivity index (χ1) is 4.35. The number of rotatable bonds is 4. The van der Waals surface area contributed by atoms with E-state index < -0.39 is 0 Å². The van der Waals surface area contributed by atoms with E-state index in [1.54, 1.807) is 0 Å². The number of hydrogen-bond acceptors (Lipinski definition) is 0. The Hall–Kier alpha value is -0.440. The van der Waals surface area contributed by atoms with Crippen LogP contribution in [-0.4, -0.2) is 0 Å². The summed E-state index contributed by atoms with van der Waals surface area (Å²) in [4.78, 5) is 0. The van der Waals surface area contributed by atoms with E-state index in [-0.39, 0.29) is 0 Å². The molecule has 51 valence electrons. The minimum atomic E-state index is 0.667. The van der Waals surface area contributed by atoms with Crippen LogP contribution in [0.1, 0.15) is 32.6 Å².